The lowest BCUT2D eigenvalue weighted by atomic mass is 10.1. The number of nitrogens with zero attached hydrogens (tertiary/aromatic N) is 3. The molecule has 1 aromatic rings. The largest absolute Gasteiger partial charge is 0.377 e. The van der Waals surface area contributed by atoms with E-state index in [4.69, 9.17) is 4.74 Å². The monoisotopic (exact) mass is 312 g/mol. The normalized spacial score (nSPS) is 18.3. The summed E-state index contributed by atoms with van der Waals surface area (Å²) in [6.07, 6.45) is 2.28. The van der Waals surface area contributed by atoms with Gasteiger partial charge in [-0.2, -0.15) is 0 Å². The number of amides is 2. The molecule has 7 nitrogen and oxygen atoms in total. The molecule has 0 unspecified atom stereocenters. The maximum Gasteiger partial charge on any atom is 0.231 e. The van der Waals surface area contributed by atoms with E-state index in [1.54, 1.807) is 12.0 Å². The maximum absolute atomic E-state index is 12.2. The molecule has 21 heavy (non-hydrogen) atoms. The molecule has 1 fully saturated rings. The summed E-state index contributed by atoms with van der Waals surface area (Å²) in [6.45, 7) is 3.68. The minimum atomic E-state index is -0.302. The molecule has 8 heteroatoms. The molecule has 2 rings (SSSR count). The first-order valence-corrected chi connectivity index (χ1v) is 7.85. The molecule has 1 saturated heterocycles. The lowest BCUT2D eigenvalue weighted by Crippen LogP contribution is -2.29. The molecule has 1 aliphatic rings. The van der Waals surface area contributed by atoms with Gasteiger partial charge in [-0.1, -0.05) is 24.7 Å². The second kappa shape index (κ2) is 7.46. The summed E-state index contributed by atoms with van der Waals surface area (Å²) in [4.78, 5) is 25.8. The number of anilines is 1. The molecular weight excluding hydrogens is 292 g/mol. The molecule has 0 aliphatic carbocycles. The molecule has 0 radical (unpaired) electrons. The Hall–Kier alpha value is -1.54. The van der Waals surface area contributed by atoms with Gasteiger partial charge >= 0.3 is 0 Å². The van der Waals surface area contributed by atoms with Gasteiger partial charge in [-0.3, -0.25) is 9.59 Å². The minimum absolute atomic E-state index is 0.0564. The Kier molecular flexibility index (Phi) is 5.63. The van der Waals surface area contributed by atoms with Gasteiger partial charge in [0.1, 0.15) is 11.6 Å². The summed E-state index contributed by atoms with van der Waals surface area (Å²) in [5.41, 5.74) is 0. The molecule has 0 spiro atoms. The summed E-state index contributed by atoms with van der Waals surface area (Å²) in [7, 11) is 1.58. The Morgan fingerprint density at radius 3 is 3.05 bits per heavy atom. The Balaban J connectivity index is 1.87. The van der Waals surface area contributed by atoms with Crippen LogP contribution in [0.2, 0.25) is 0 Å². The van der Waals surface area contributed by atoms with Crippen molar-refractivity contribution in [1.82, 2.24) is 15.1 Å². The fourth-order valence-corrected chi connectivity index (χ4v) is 2.92. The van der Waals surface area contributed by atoms with E-state index in [1.165, 1.54) is 11.3 Å². The Bertz CT molecular complexity index is 505. The average molecular weight is 312 g/mol. The van der Waals surface area contributed by atoms with Crippen molar-refractivity contribution in [1.29, 1.82) is 0 Å². The average Bonchev–Trinajstić information content (AvgIpc) is 3.04. The molecule has 2 heterocycles. The van der Waals surface area contributed by atoms with Crippen LogP contribution in [0.1, 0.15) is 31.2 Å². The summed E-state index contributed by atoms with van der Waals surface area (Å²) < 4.78 is 4.96. The minimum Gasteiger partial charge on any atom is -0.377 e. The van der Waals surface area contributed by atoms with Crippen LogP contribution in [0.3, 0.4) is 0 Å². The first-order chi connectivity index (χ1) is 10.1. The first-order valence-electron chi connectivity index (χ1n) is 7.04. The van der Waals surface area contributed by atoms with Gasteiger partial charge in [0, 0.05) is 26.6 Å². The Labute approximate surface area is 127 Å². The lowest BCUT2D eigenvalue weighted by molar-refractivity contribution is -0.128. The molecule has 116 valence electrons. The van der Waals surface area contributed by atoms with Gasteiger partial charge in [-0.15, -0.1) is 10.2 Å². The number of carbonyl (C=O) groups excluding carboxylic acids is 2. The third-order valence-electron chi connectivity index (χ3n) is 3.33. The number of hydrogen-bond acceptors (Lipinski definition) is 6. The van der Waals surface area contributed by atoms with E-state index in [2.05, 4.69) is 22.4 Å². The van der Waals surface area contributed by atoms with Gasteiger partial charge in [0.05, 0.1) is 5.92 Å². The molecule has 1 N–H and O–H groups in total. The van der Waals surface area contributed by atoms with Crippen molar-refractivity contribution in [3.8, 4) is 0 Å². The van der Waals surface area contributed by atoms with Crippen LogP contribution >= 0.6 is 11.3 Å². The zero-order valence-corrected chi connectivity index (χ0v) is 13.1. The molecule has 0 saturated carbocycles. The number of nitrogens with one attached hydrogen (secondary N) is 1. The number of rotatable bonds is 7. The van der Waals surface area contributed by atoms with Crippen LogP contribution in [0.25, 0.3) is 0 Å². The van der Waals surface area contributed by atoms with Crippen LogP contribution in [0.15, 0.2) is 0 Å². The van der Waals surface area contributed by atoms with Crippen LogP contribution in [-0.2, 0) is 20.9 Å². The third kappa shape index (κ3) is 4.21. The second-order valence-electron chi connectivity index (χ2n) is 5.02. The fourth-order valence-electron chi connectivity index (χ4n) is 2.21. The quantitative estimate of drug-likeness (QED) is 0.819. The smallest absolute Gasteiger partial charge is 0.231 e. The number of hydrogen-bond donors (Lipinski definition) is 1. The van der Waals surface area contributed by atoms with Crippen molar-refractivity contribution < 1.29 is 14.3 Å². The van der Waals surface area contributed by atoms with Gasteiger partial charge in [-0.25, -0.2) is 0 Å². The topological polar surface area (TPSA) is 84.4 Å². The van der Waals surface area contributed by atoms with Crippen LogP contribution in [0, 0.1) is 5.92 Å². The highest BCUT2D eigenvalue weighted by molar-refractivity contribution is 7.15. The highest BCUT2D eigenvalue weighted by atomic mass is 32.1. The third-order valence-corrected chi connectivity index (χ3v) is 4.14. The van der Waals surface area contributed by atoms with Crippen molar-refractivity contribution >= 4 is 28.3 Å². The number of ether oxygens (including phenoxy) is 1. The standard InChI is InChI=1S/C13H20N4O3S/c1-3-4-5-17-7-9(6-11(17)18)12(19)14-13-16-15-10(21-13)8-20-2/h9H,3-8H2,1-2H3,(H,14,16,19)/t9-/m0/s1. The summed E-state index contributed by atoms with van der Waals surface area (Å²) in [5, 5.41) is 11.7. The Morgan fingerprint density at radius 1 is 1.52 bits per heavy atom. The summed E-state index contributed by atoms with van der Waals surface area (Å²) in [6, 6.07) is 0. The molecule has 0 bridgehead atoms. The number of likely N-dealkylation sites (tertiary alicyclic amines) is 1. The van der Waals surface area contributed by atoms with Gasteiger partial charge in [0.15, 0.2) is 0 Å². The van der Waals surface area contributed by atoms with Gasteiger partial charge in [-0.05, 0) is 6.42 Å². The second-order valence-corrected chi connectivity index (χ2v) is 6.08. The van der Waals surface area contributed by atoms with Crippen LogP contribution in [-0.4, -0.2) is 47.1 Å². The lowest BCUT2D eigenvalue weighted by Gasteiger charge is -2.15. The van der Waals surface area contributed by atoms with E-state index >= 15 is 0 Å². The molecule has 2 amide bonds. The SMILES string of the molecule is CCCCN1C[C@@H](C(=O)Nc2nnc(COC)s2)CC1=O. The number of aromatic nitrogens is 2. The number of methoxy groups -OCH3 is 1. The predicted octanol–water partition coefficient (Wildman–Crippen LogP) is 1.27. The van der Waals surface area contributed by atoms with Crippen molar-refractivity contribution in [2.45, 2.75) is 32.8 Å². The molecule has 0 aromatic carbocycles. The van der Waals surface area contributed by atoms with Crippen molar-refractivity contribution in [2.24, 2.45) is 5.92 Å². The van der Waals surface area contributed by atoms with Crippen LogP contribution in [0.4, 0.5) is 5.13 Å². The molecule has 1 aromatic heterocycles. The predicted molar refractivity (Wildman–Crippen MR) is 78.8 cm³/mol. The van der Waals surface area contributed by atoms with Gasteiger partial charge in [0.2, 0.25) is 16.9 Å². The highest BCUT2D eigenvalue weighted by Crippen LogP contribution is 2.22. The van der Waals surface area contributed by atoms with E-state index in [-0.39, 0.29) is 24.2 Å². The van der Waals surface area contributed by atoms with Gasteiger partial charge < -0.3 is 15.0 Å². The van der Waals surface area contributed by atoms with Crippen LogP contribution < -0.4 is 5.32 Å². The van der Waals surface area contributed by atoms with E-state index < -0.39 is 0 Å². The van der Waals surface area contributed by atoms with E-state index in [0.29, 0.717) is 23.3 Å². The zero-order chi connectivity index (χ0) is 15.2. The molecule has 1 atom stereocenters. The molecule has 1 aliphatic heterocycles. The van der Waals surface area contributed by atoms with E-state index in [0.717, 1.165) is 19.4 Å². The highest BCUT2D eigenvalue weighted by Gasteiger charge is 2.34. The zero-order valence-electron chi connectivity index (χ0n) is 12.3. The van der Waals surface area contributed by atoms with Crippen molar-refractivity contribution in [3.05, 3.63) is 5.01 Å². The Morgan fingerprint density at radius 2 is 2.33 bits per heavy atom. The number of carbonyl (C=O) groups is 2. The van der Waals surface area contributed by atoms with Gasteiger partial charge in [0.25, 0.3) is 0 Å². The molecular formula is C13H20N4O3S. The summed E-state index contributed by atoms with van der Waals surface area (Å²) >= 11 is 1.28. The fraction of sp³-hybridized carbons (Fsp3) is 0.692. The van der Waals surface area contributed by atoms with E-state index in [9.17, 15) is 9.59 Å². The van der Waals surface area contributed by atoms with E-state index in [1.807, 2.05) is 0 Å². The van der Waals surface area contributed by atoms with Crippen molar-refractivity contribution in [2.75, 3.05) is 25.5 Å². The first kappa shape index (κ1) is 15.8. The van der Waals surface area contributed by atoms with Crippen molar-refractivity contribution in [3.63, 3.8) is 0 Å². The van der Waals surface area contributed by atoms with Crippen LogP contribution in [0.5, 0.6) is 0 Å². The maximum atomic E-state index is 12.2. The summed E-state index contributed by atoms with van der Waals surface area (Å²) in [5.74, 6) is -0.410. The number of unbranched alkanes of at least 4 members (excludes halogenated alkanes) is 1.